The molecule has 1 aliphatic rings. The van der Waals surface area contributed by atoms with Crippen LogP contribution in [0.15, 0.2) is 58.5 Å². The number of hydrazone groups is 1. The summed E-state index contributed by atoms with van der Waals surface area (Å²) in [6, 6.07) is 9.58. The lowest BCUT2D eigenvalue weighted by Crippen LogP contribution is -2.19. The number of hydrogen-bond acceptors (Lipinski definition) is 6. The molecule has 132 valence electrons. The first kappa shape index (κ1) is 17.5. The molecular weight excluding hydrogens is 360 g/mol. The Kier molecular flexibility index (Phi) is 4.41. The molecule has 0 heterocycles. The van der Waals surface area contributed by atoms with Crippen LogP contribution in [0, 0.1) is 0 Å². The van der Waals surface area contributed by atoms with Crippen LogP contribution in [-0.4, -0.2) is 35.5 Å². The highest BCUT2D eigenvalue weighted by Crippen LogP contribution is 2.22. The fourth-order valence-electron chi connectivity index (χ4n) is 2.36. The first-order chi connectivity index (χ1) is 12.3. The number of carboxylic acid groups (broad SMARTS) is 1. The number of aromatic carboxylic acids is 1. The normalized spacial score (nSPS) is 15.0. The lowest BCUT2D eigenvalue weighted by Gasteiger charge is -2.13. The quantitative estimate of drug-likeness (QED) is 0.552. The maximum atomic E-state index is 12.1. The zero-order valence-corrected chi connectivity index (χ0v) is 13.9. The number of hydrogen-bond donors (Lipinski definition) is 3. The van der Waals surface area contributed by atoms with E-state index in [0.717, 1.165) is 0 Å². The molecule has 3 N–H and O–H groups in total. The second-order valence-corrected chi connectivity index (χ2v) is 6.80. The van der Waals surface area contributed by atoms with Gasteiger partial charge in [0.1, 0.15) is 5.71 Å². The summed E-state index contributed by atoms with van der Waals surface area (Å²) in [6.07, 6.45) is 2.68. The number of nitrogens with zero attached hydrogens (tertiary/aromatic N) is 1. The third kappa shape index (κ3) is 3.53. The predicted molar refractivity (Wildman–Crippen MR) is 93.9 cm³/mol. The van der Waals surface area contributed by atoms with E-state index in [1.54, 1.807) is 0 Å². The number of fused-ring (bicyclic) bond motifs is 1. The van der Waals surface area contributed by atoms with Crippen molar-refractivity contribution in [2.24, 2.45) is 5.10 Å². The highest BCUT2D eigenvalue weighted by atomic mass is 32.2. The van der Waals surface area contributed by atoms with Crippen molar-refractivity contribution in [2.75, 3.05) is 5.43 Å². The van der Waals surface area contributed by atoms with Crippen LogP contribution >= 0.6 is 0 Å². The molecule has 3 rings (SSSR count). The van der Waals surface area contributed by atoms with Crippen LogP contribution in [0.1, 0.15) is 21.5 Å². The van der Waals surface area contributed by atoms with Crippen molar-refractivity contribution >= 4 is 39.3 Å². The largest absolute Gasteiger partial charge is 0.478 e. The Morgan fingerprint density at radius 3 is 2.35 bits per heavy atom. The number of benzene rings is 2. The third-order valence-electron chi connectivity index (χ3n) is 3.65. The van der Waals surface area contributed by atoms with E-state index in [-0.39, 0.29) is 22.0 Å². The average molecular weight is 372 g/mol. The van der Waals surface area contributed by atoms with Gasteiger partial charge in [-0.1, -0.05) is 12.1 Å². The van der Waals surface area contributed by atoms with Gasteiger partial charge in [-0.05, 0) is 48.0 Å². The molecule has 0 amide bonds. The second-order valence-electron chi connectivity index (χ2n) is 5.38. The molecule has 2 aromatic rings. The predicted octanol–water partition coefficient (Wildman–Crippen LogP) is 2.04. The van der Waals surface area contributed by atoms with Crippen molar-refractivity contribution in [3.8, 4) is 0 Å². The van der Waals surface area contributed by atoms with Crippen LogP contribution in [0.4, 0.5) is 5.69 Å². The minimum Gasteiger partial charge on any atom is -0.478 e. The summed E-state index contributed by atoms with van der Waals surface area (Å²) in [4.78, 5) is 22.7. The van der Waals surface area contributed by atoms with Gasteiger partial charge in [-0.25, -0.2) is 4.79 Å². The second kappa shape index (κ2) is 6.54. The Labute approximate surface area is 148 Å². The lowest BCUT2D eigenvalue weighted by molar-refractivity contribution is -0.108. The molecule has 0 bridgehead atoms. The van der Waals surface area contributed by atoms with Gasteiger partial charge in [-0.2, -0.15) is 13.5 Å². The Morgan fingerprint density at radius 2 is 1.73 bits per heavy atom. The van der Waals surface area contributed by atoms with Gasteiger partial charge in [0.15, 0.2) is 0 Å². The Balaban J connectivity index is 1.93. The van der Waals surface area contributed by atoms with E-state index in [4.69, 9.17) is 9.66 Å². The number of rotatable bonds is 4. The zero-order valence-electron chi connectivity index (χ0n) is 13.1. The summed E-state index contributed by atoms with van der Waals surface area (Å²) >= 11 is 0. The Bertz CT molecular complexity index is 1070. The fraction of sp³-hybridized carbons (Fsp3) is 0. The lowest BCUT2D eigenvalue weighted by atomic mass is 9.95. The minimum atomic E-state index is -4.36. The molecular formula is C17H12N2O6S. The number of carbonyl (C=O) groups excluding carboxylic acids is 1. The molecule has 1 aliphatic carbocycles. The number of nitrogens with one attached hydrogen (secondary N) is 1. The monoisotopic (exact) mass is 372 g/mol. The van der Waals surface area contributed by atoms with Gasteiger partial charge in [0.25, 0.3) is 10.1 Å². The van der Waals surface area contributed by atoms with Crippen molar-refractivity contribution < 1.29 is 27.7 Å². The summed E-state index contributed by atoms with van der Waals surface area (Å²) < 4.78 is 31.6. The number of carbonyl (C=O) groups is 2. The molecule has 0 aromatic heterocycles. The fourth-order valence-corrected chi connectivity index (χ4v) is 2.87. The summed E-state index contributed by atoms with van der Waals surface area (Å²) in [5.41, 5.74) is 4.14. The van der Waals surface area contributed by atoms with Crippen molar-refractivity contribution in [1.29, 1.82) is 0 Å². The zero-order chi connectivity index (χ0) is 18.9. The van der Waals surface area contributed by atoms with E-state index in [1.165, 1.54) is 54.6 Å². The molecule has 0 radical (unpaired) electrons. The molecule has 0 spiro atoms. The molecule has 0 aliphatic heterocycles. The van der Waals surface area contributed by atoms with Gasteiger partial charge in [-0.15, -0.1) is 0 Å². The number of ketones is 1. The molecule has 8 nitrogen and oxygen atoms in total. The van der Waals surface area contributed by atoms with Gasteiger partial charge >= 0.3 is 5.97 Å². The van der Waals surface area contributed by atoms with E-state index in [1.807, 2.05) is 0 Å². The summed E-state index contributed by atoms with van der Waals surface area (Å²) in [6.45, 7) is 0. The summed E-state index contributed by atoms with van der Waals surface area (Å²) in [5.74, 6) is -1.44. The standard InChI is InChI=1S/C17H12N2O6S/c20-15-8-3-11-9-13(26(23,24)25)6-7-14(11)16(15)19-18-12-4-1-10(2-5-12)17(21)22/h1-9,18H,(H,21,22)(H,23,24,25)/b19-16-. The SMILES string of the molecule is O=C1C=Cc2cc(S(=O)(=O)O)ccc2/C1=N/Nc1ccc(C(=O)O)cc1. The highest BCUT2D eigenvalue weighted by Gasteiger charge is 2.21. The van der Waals surface area contributed by atoms with Crippen LogP contribution < -0.4 is 5.43 Å². The smallest absolute Gasteiger partial charge is 0.335 e. The van der Waals surface area contributed by atoms with Crippen LogP contribution in [-0.2, 0) is 14.9 Å². The summed E-state index contributed by atoms with van der Waals surface area (Å²) in [5, 5.41) is 12.9. The van der Waals surface area contributed by atoms with Gasteiger partial charge in [0, 0.05) is 5.56 Å². The van der Waals surface area contributed by atoms with Crippen molar-refractivity contribution in [2.45, 2.75) is 4.90 Å². The topological polar surface area (TPSA) is 133 Å². The molecule has 2 aromatic carbocycles. The van der Waals surface area contributed by atoms with Crippen LogP contribution in [0.3, 0.4) is 0 Å². The molecule has 0 saturated heterocycles. The Morgan fingerprint density at radius 1 is 1.04 bits per heavy atom. The molecule has 0 unspecified atom stereocenters. The third-order valence-corrected chi connectivity index (χ3v) is 4.50. The van der Waals surface area contributed by atoms with Crippen molar-refractivity contribution in [3.05, 3.63) is 65.2 Å². The van der Waals surface area contributed by atoms with E-state index in [9.17, 15) is 18.0 Å². The van der Waals surface area contributed by atoms with E-state index < -0.39 is 16.1 Å². The van der Waals surface area contributed by atoms with Gasteiger partial charge < -0.3 is 5.11 Å². The molecule has 26 heavy (non-hydrogen) atoms. The maximum Gasteiger partial charge on any atom is 0.335 e. The van der Waals surface area contributed by atoms with E-state index >= 15 is 0 Å². The number of anilines is 1. The summed E-state index contributed by atoms with van der Waals surface area (Å²) in [7, 11) is -4.36. The first-order valence-corrected chi connectivity index (χ1v) is 8.71. The first-order valence-electron chi connectivity index (χ1n) is 7.27. The van der Waals surface area contributed by atoms with E-state index in [0.29, 0.717) is 16.8 Å². The van der Waals surface area contributed by atoms with Gasteiger partial charge in [-0.3, -0.25) is 14.8 Å². The molecule has 0 fully saturated rings. The average Bonchev–Trinajstić information content (AvgIpc) is 2.60. The van der Waals surface area contributed by atoms with Crippen LogP contribution in [0.5, 0.6) is 0 Å². The maximum absolute atomic E-state index is 12.1. The van der Waals surface area contributed by atoms with Gasteiger partial charge in [0.2, 0.25) is 5.78 Å². The highest BCUT2D eigenvalue weighted by molar-refractivity contribution is 7.85. The Hall–Kier alpha value is -3.30. The molecule has 0 saturated carbocycles. The minimum absolute atomic E-state index is 0.0618. The number of carboxylic acids is 1. The van der Waals surface area contributed by atoms with Crippen molar-refractivity contribution in [1.82, 2.24) is 0 Å². The van der Waals surface area contributed by atoms with E-state index in [2.05, 4.69) is 10.5 Å². The molecule has 0 atom stereocenters. The molecule has 9 heteroatoms. The van der Waals surface area contributed by atoms with Crippen molar-refractivity contribution in [3.63, 3.8) is 0 Å². The number of allylic oxidation sites excluding steroid dienone is 1. The van der Waals surface area contributed by atoms with Crippen LogP contribution in [0.25, 0.3) is 6.08 Å². The van der Waals surface area contributed by atoms with Crippen LogP contribution in [0.2, 0.25) is 0 Å². The van der Waals surface area contributed by atoms with Gasteiger partial charge in [0.05, 0.1) is 16.1 Å².